The fourth-order valence-electron chi connectivity index (χ4n) is 2.51. The molecule has 0 spiro atoms. The quantitative estimate of drug-likeness (QED) is 0.175. The van der Waals surface area contributed by atoms with Crippen LogP contribution in [0.15, 0.2) is 59.9 Å². The van der Waals surface area contributed by atoms with Crippen molar-refractivity contribution < 1.29 is 31.3 Å². The molecule has 5 heteroatoms. The number of rotatable bonds is 10. The molecule has 1 aromatic rings. The van der Waals surface area contributed by atoms with E-state index in [2.05, 4.69) is 58.1 Å². The van der Waals surface area contributed by atoms with Crippen molar-refractivity contribution in [1.29, 1.82) is 0 Å². The van der Waals surface area contributed by atoms with Crippen LogP contribution in [-0.2, 0) is 32.8 Å². The van der Waals surface area contributed by atoms with Crippen molar-refractivity contribution >= 4 is 8.32 Å². The molecule has 1 aliphatic carbocycles. The van der Waals surface area contributed by atoms with Crippen molar-refractivity contribution in [1.82, 2.24) is 0 Å². The monoisotopic (exact) mass is 472 g/mol. The zero-order valence-corrected chi connectivity index (χ0v) is 21.8. The maximum absolute atomic E-state index is 10.5. The second kappa shape index (κ2) is 14.9. The Hall–Kier alpha value is -0.974. The van der Waals surface area contributed by atoms with E-state index in [4.69, 9.17) is 9.16 Å². The van der Waals surface area contributed by atoms with Crippen molar-refractivity contribution in [3.8, 4) is 0 Å². The Morgan fingerprint density at radius 3 is 2.10 bits per heavy atom. The summed E-state index contributed by atoms with van der Waals surface area (Å²) in [5, 5.41) is 10.8. The van der Waals surface area contributed by atoms with Gasteiger partial charge in [-0.1, -0.05) is 64.8 Å². The first kappa shape index (κ1) is 29.0. The van der Waals surface area contributed by atoms with Gasteiger partial charge in [0.2, 0.25) is 0 Å². The van der Waals surface area contributed by atoms with Crippen molar-refractivity contribution in [2.45, 2.75) is 78.1 Å². The first-order valence-electron chi connectivity index (χ1n) is 10.8. The van der Waals surface area contributed by atoms with Gasteiger partial charge in [-0.25, -0.2) is 12.1 Å². The zero-order valence-electron chi connectivity index (χ0n) is 19.6. The molecule has 0 unspecified atom stereocenters. The summed E-state index contributed by atoms with van der Waals surface area (Å²) in [7, 11) is -1.54. The second-order valence-electron chi connectivity index (χ2n) is 9.10. The summed E-state index contributed by atoms with van der Waals surface area (Å²) >= 11 is 0. The van der Waals surface area contributed by atoms with Crippen LogP contribution in [0.5, 0.6) is 0 Å². The molecule has 0 saturated heterocycles. The number of hydrogen-bond donors (Lipinski definition) is 0. The normalized spacial score (nSPS) is 13.1. The Kier molecular flexibility index (Phi) is 14.4. The van der Waals surface area contributed by atoms with Crippen LogP contribution in [0.3, 0.4) is 0 Å². The molecule has 0 aliphatic heterocycles. The summed E-state index contributed by atoms with van der Waals surface area (Å²) in [6.07, 6.45) is 12.1. The molecule has 1 aromatic carbocycles. The minimum atomic E-state index is -1.54. The van der Waals surface area contributed by atoms with E-state index in [-0.39, 0.29) is 22.8 Å². The second-order valence-corrected chi connectivity index (χ2v) is 13.9. The first-order chi connectivity index (χ1) is 13.6. The average molecular weight is 473 g/mol. The fraction of sp³-hybridized carbons (Fsp3) is 0.560. The minimum Gasteiger partial charge on any atom is -0.875 e. The minimum absolute atomic E-state index is 0. The van der Waals surface area contributed by atoms with E-state index >= 15 is 0 Å². The van der Waals surface area contributed by atoms with Gasteiger partial charge in [-0.2, -0.15) is 12.1 Å². The van der Waals surface area contributed by atoms with Gasteiger partial charge in [0.25, 0.3) is 0 Å². The fourth-order valence-corrected chi connectivity index (χ4v) is 3.60. The zero-order chi connectivity index (χ0) is 21.8. The predicted molar refractivity (Wildman–Crippen MR) is 124 cm³/mol. The molecule has 0 amide bonds. The Morgan fingerprint density at radius 1 is 1.03 bits per heavy atom. The largest absolute Gasteiger partial charge is 2.00 e. The van der Waals surface area contributed by atoms with Crippen LogP contribution in [0.2, 0.25) is 18.1 Å². The molecular formula is C25H40FeO3Si. The van der Waals surface area contributed by atoms with Gasteiger partial charge in [0.1, 0.15) is 0 Å². The summed E-state index contributed by atoms with van der Waals surface area (Å²) in [5.41, 5.74) is 2.07. The van der Waals surface area contributed by atoms with Gasteiger partial charge >= 0.3 is 17.1 Å². The molecule has 3 nitrogen and oxygen atoms in total. The topological polar surface area (TPSA) is 41.5 Å². The van der Waals surface area contributed by atoms with E-state index in [1.807, 2.05) is 24.3 Å². The van der Waals surface area contributed by atoms with Gasteiger partial charge in [-0.15, -0.1) is 11.3 Å². The van der Waals surface area contributed by atoms with E-state index in [1.165, 1.54) is 24.8 Å². The molecule has 0 radical (unpaired) electrons. The summed E-state index contributed by atoms with van der Waals surface area (Å²) in [4.78, 5) is 0. The van der Waals surface area contributed by atoms with Gasteiger partial charge in [-0.3, -0.25) is 0 Å². The molecule has 2 rings (SSSR count). The summed E-state index contributed by atoms with van der Waals surface area (Å²) in [5.74, 6) is 0.134. The van der Waals surface area contributed by atoms with Crippen LogP contribution in [0.4, 0.5) is 0 Å². The van der Waals surface area contributed by atoms with Crippen LogP contribution < -0.4 is 5.11 Å². The van der Waals surface area contributed by atoms with Gasteiger partial charge in [0.15, 0.2) is 8.32 Å². The molecule has 0 fully saturated rings. The predicted octanol–water partition coefficient (Wildman–Crippen LogP) is 6.25. The van der Waals surface area contributed by atoms with Gasteiger partial charge in [-0.05, 0) is 36.5 Å². The molecular weight excluding hydrogens is 432 g/mol. The first-order valence-corrected chi connectivity index (χ1v) is 13.7. The Bertz CT molecular complexity index is 634. The molecule has 0 atom stereocenters. The van der Waals surface area contributed by atoms with Crippen LogP contribution in [-0.4, -0.2) is 21.5 Å². The molecule has 0 saturated carbocycles. The van der Waals surface area contributed by atoms with Crippen LogP contribution in [0, 0.1) is 0 Å². The molecule has 0 N–H and O–H groups in total. The van der Waals surface area contributed by atoms with E-state index in [0.29, 0.717) is 5.04 Å². The molecule has 1 aliphatic rings. The van der Waals surface area contributed by atoms with E-state index < -0.39 is 8.32 Å². The standard InChI is InChI=1S/C18H33O2Si.C7H8O.Fe/c1-18(2,3)21(4,5)20-15-11-7-6-10-14-19-16-17-12-8-9-13-17;1-6(8)7-4-2-3-5-7;/h8-9,12-13H,6-7,10-11,14-16H2,1-5H3;2-5,8H,1H3;/q-1;;+2/p-1. The summed E-state index contributed by atoms with van der Waals surface area (Å²) in [6, 6.07) is 8.33. The summed E-state index contributed by atoms with van der Waals surface area (Å²) < 4.78 is 11.8. The molecule has 0 bridgehead atoms. The smallest absolute Gasteiger partial charge is 0.875 e. The third-order valence-electron chi connectivity index (χ3n) is 5.52. The van der Waals surface area contributed by atoms with Crippen molar-refractivity contribution in [3.05, 3.63) is 65.5 Å². The SMILES string of the molecule is CC(C)(C)[Si](C)(C)OCCCCCCOCc1ccc[cH-]1.CC([O-])=C1C=CC=C1.[Fe+2]. The molecule has 30 heavy (non-hydrogen) atoms. The third kappa shape index (κ3) is 12.0. The van der Waals surface area contributed by atoms with Crippen molar-refractivity contribution in [2.24, 2.45) is 0 Å². The van der Waals surface area contributed by atoms with Crippen LogP contribution >= 0.6 is 0 Å². The third-order valence-corrected chi connectivity index (χ3v) is 10.1. The van der Waals surface area contributed by atoms with Crippen molar-refractivity contribution in [2.75, 3.05) is 13.2 Å². The number of allylic oxidation sites excluding steroid dienone is 6. The maximum Gasteiger partial charge on any atom is 2.00 e. The molecule has 0 heterocycles. The van der Waals surface area contributed by atoms with Crippen LogP contribution in [0.25, 0.3) is 0 Å². The van der Waals surface area contributed by atoms with Gasteiger partial charge in [0, 0.05) is 19.8 Å². The van der Waals surface area contributed by atoms with Crippen LogP contribution in [0.1, 0.15) is 58.9 Å². The van der Waals surface area contributed by atoms with Gasteiger partial charge < -0.3 is 14.3 Å². The van der Waals surface area contributed by atoms with E-state index in [0.717, 1.165) is 31.8 Å². The summed E-state index contributed by atoms with van der Waals surface area (Å²) in [6.45, 7) is 15.6. The Labute approximate surface area is 196 Å². The molecule has 170 valence electrons. The Balaban J connectivity index is 0.000000782. The number of hydrogen-bond acceptors (Lipinski definition) is 3. The maximum atomic E-state index is 10.5. The van der Waals surface area contributed by atoms with Gasteiger partial charge in [0.05, 0.1) is 0 Å². The average Bonchev–Trinajstić information content (AvgIpc) is 3.33. The number of ether oxygens (including phenoxy) is 1. The van der Waals surface area contributed by atoms with E-state index in [9.17, 15) is 5.11 Å². The van der Waals surface area contributed by atoms with Crippen molar-refractivity contribution in [3.63, 3.8) is 0 Å². The number of unbranched alkanes of at least 4 members (excludes halogenated alkanes) is 3. The van der Waals surface area contributed by atoms with E-state index in [1.54, 1.807) is 6.92 Å². The Morgan fingerprint density at radius 2 is 1.63 bits per heavy atom. The molecule has 0 aromatic heterocycles.